The summed E-state index contributed by atoms with van der Waals surface area (Å²) in [6.07, 6.45) is 1.05. The first-order valence-corrected chi connectivity index (χ1v) is 6.58. The zero-order chi connectivity index (χ0) is 10.8. The summed E-state index contributed by atoms with van der Waals surface area (Å²) >= 11 is 4.88. The van der Waals surface area contributed by atoms with Gasteiger partial charge in [0.2, 0.25) is 0 Å². The van der Waals surface area contributed by atoms with Crippen LogP contribution in [0.3, 0.4) is 0 Å². The molecule has 1 atom stereocenters. The van der Waals surface area contributed by atoms with Gasteiger partial charge in [-0.15, -0.1) is 23.7 Å². The van der Waals surface area contributed by atoms with Crippen molar-refractivity contribution in [1.82, 2.24) is 10.2 Å². The van der Waals surface area contributed by atoms with Crippen LogP contribution in [0.1, 0.15) is 16.1 Å². The molecule has 1 aliphatic heterocycles. The largest absolute Gasteiger partial charge is 0.337 e. The fraction of sp³-hybridized carbons (Fsp3) is 0.500. The highest BCUT2D eigenvalue weighted by Gasteiger charge is 2.25. The van der Waals surface area contributed by atoms with Crippen LogP contribution in [0.5, 0.6) is 0 Å². The zero-order valence-electron chi connectivity index (χ0n) is 8.90. The second-order valence-electron chi connectivity index (χ2n) is 3.66. The summed E-state index contributed by atoms with van der Waals surface area (Å²) in [5.41, 5.74) is 0. The van der Waals surface area contributed by atoms with Gasteiger partial charge in [-0.05, 0) is 40.3 Å². The van der Waals surface area contributed by atoms with Gasteiger partial charge in [-0.1, -0.05) is 0 Å². The fourth-order valence-electron chi connectivity index (χ4n) is 1.74. The quantitative estimate of drug-likeness (QED) is 0.905. The van der Waals surface area contributed by atoms with Crippen molar-refractivity contribution in [3.8, 4) is 0 Å². The van der Waals surface area contributed by atoms with Crippen LogP contribution in [-0.4, -0.2) is 37.0 Å². The maximum absolute atomic E-state index is 12.1. The number of nitrogens with one attached hydrogen (secondary N) is 1. The Morgan fingerprint density at radius 3 is 2.94 bits per heavy atom. The van der Waals surface area contributed by atoms with E-state index in [0.29, 0.717) is 6.04 Å². The van der Waals surface area contributed by atoms with Gasteiger partial charge in [-0.2, -0.15) is 0 Å². The summed E-state index contributed by atoms with van der Waals surface area (Å²) in [4.78, 5) is 14.7. The number of nitrogens with zero attached hydrogens (tertiary/aromatic N) is 1. The van der Waals surface area contributed by atoms with E-state index in [-0.39, 0.29) is 18.3 Å². The van der Waals surface area contributed by atoms with Gasteiger partial charge in [-0.25, -0.2) is 0 Å². The molecule has 0 aromatic carbocycles. The van der Waals surface area contributed by atoms with E-state index >= 15 is 0 Å². The lowest BCUT2D eigenvalue weighted by Crippen LogP contribution is -2.38. The summed E-state index contributed by atoms with van der Waals surface area (Å²) in [7, 11) is 1.88. The normalized spacial score (nSPS) is 19.2. The van der Waals surface area contributed by atoms with Crippen LogP contribution in [0.4, 0.5) is 0 Å². The maximum Gasteiger partial charge on any atom is 0.265 e. The molecule has 2 rings (SSSR count). The van der Waals surface area contributed by atoms with Crippen molar-refractivity contribution in [3.63, 3.8) is 0 Å². The van der Waals surface area contributed by atoms with Crippen LogP contribution in [-0.2, 0) is 0 Å². The number of halogens is 2. The number of thiophene rings is 1. The molecule has 1 aromatic rings. The number of hydrogen-bond acceptors (Lipinski definition) is 3. The Labute approximate surface area is 114 Å². The van der Waals surface area contributed by atoms with E-state index in [1.54, 1.807) is 0 Å². The minimum atomic E-state index is 0. The Kier molecular flexibility index (Phi) is 5.24. The van der Waals surface area contributed by atoms with Crippen LogP contribution >= 0.6 is 39.7 Å². The molecule has 1 saturated heterocycles. The smallest absolute Gasteiger partial charge is 0.265 e. The van der Waals surface area contributed by atoms with Crippen molar-refractivity contribution in [2.75, 3.05) is 20.1 Å². The van der Waals surface area contributed by atoms with Gasteiger partial charge in [0.05, 0.1) is 0 Å². The first-order valence-electron chi connectivity index (χ1n) is 4.91. The minimum absolute atomic E-state index is 0. The Morgan fingerprint density at radius 1 is 1.69 bits per heavy atom. The molecular formula is C10H14BrClN2OS. The minimum Gasteiger partial charge on any atom is -0.337 e. The topological polar surface area (TPSA) is 32.3 Å². The summed E-state index contributed by atoms with van der Waals surface area (Å²) in [6, 6.07) is 2.25. The predicted octanol–water partition coefficient (Wildman–Crippen LogP) is 2.37. The van der Waals surface area contributed by atoms with Crippen molar-refractivity contribution in [2.45, 2.75) is 12.5 Å². The van der Waals surface area contributed by atoms with Crippen LogP contribution in [0, 0.1) is 0 Å². The molecule has 1 aromatic heterocycles. The van der Waals surface area contributed by atoms with E-state index in [1.165, 1.54) is 11.3 Å². The average Bonchev–Trinajstić information content (AvgIpc) is 2.85. The number of amides is 1. The summed E-state index contributed by atoms with van der Waals surface area (Å²) in [5, 5.41) is 5.19. The molecule has 0 spiro atoms. The SMILES string of the molecule is CN(C(=O)c1sccc1Br)C1CCNC1.Cl. The molecule has 0 bridgehead atoms. The second kappa shape index (κ2) is 6.00. The fourth-order valence-corrected chi connectivity index (χ4v) is 3.27. The molecule has 1 unspecified atom stereocenters. The van der Waals surface area contributed by atoms with Gasteiger partial charge in [0.15, 0.2) is 0 Å². The zero-order valence-corrected chi connectivity index (χ0v) is 12.1. The number of carbonyl (C=O) groups excluding carboxylic acids is 1. The molecule has 6 heteroatoms. The van der Waals surface area contributed by atoms with Gasteiger partial charge in [0.1, 0.15) is 4.88 Å². The van der Waals surface area contributed by atoms with Gasteiger partial charge < -0.3 is 10.2 Å². The first kappa shape index (κ1) is 14.0. The molecule has 1 N–H and O–H groups in total. The van der Waals surface area contributed by atoms with E-state index in [1.807, 2.05) is 23.4 Å². The molecule has 2 heterocycles. The lowest BCUT2D eigenvalue weighted by molar-refractivity contribution is 0.0748. The van der Waals surface area contributed by atoms with Crippen LogP contribution in [0.25, 0.3) is 0 Å². The first-order chi connectivity index (χ1) is 7.20. The summed E-state index contributed by atoms with van der Waals surface area (Å²) in [6.45, 7) is 1.92. The Morgan fingerprint density at radius 2 is 2.44 bits per heavy atom. The van der Waals surface area contributed by atoms with Gasteiger partial charge >= 0.3 is 0 Å². The van der Waals surface area contributed by atoms with Crippen molar-refractivity contribution in [1.29, 1.82) is 0 Å². The maximum atomic E-state index is 12.1. The number of rotatable bonds is 2. The standard InChI is InChI=1S/C10H13BrN2OS.ClH/c1-13(7-2-4-12-6-7)10(14)9-8(11)3-5-15-9;/h3,5,7,12H,2,4,6H2,1H3;1H. The van der Waals surface area contributed by atoms with Crippen LogP contribution in [0.2, 0.25) is 0 Å². The molecule has 90 valence electrons. The second-order valence-corrected chi connectivity index (χ2v) is 5.43. The highest BCUT2D eigenvalue weighted by molar-refractivity contribution is 9.10. The molecule has 1 aliphatic rings. The van der Waals surface area contributed by atoms with E-state index in [9.17, 15) is 4.79 Å². The van der Waals surface area contributed by atoms with Crippen molar-refractivity contribution >= 4 is 45.6 Å². The Balaban J connectivity index is 0.00000128. The predicted molar refractivity (Wildman–Crippen MR) is 72.6 cm³/mol. The molecule has 0 aliphatic carbocycles. The third kappa shape index (κ3) is 2.77. The number of hydrogen-bond donors (Lipinski definition) is 1. The van der Waals surface area contributed by atoms with Crippen LogP contribution in [0.15, 0.2) is 15.9 Å². The molecule has 0 saturated carbocycles. The monoisotopic (exact) mass is 324 g/mol. The Bertz CT molecular complexity index is 365. The molecule has 16 heavy (non-hydrogen) atoms. The van der Waals surface area contributed by atoms with Crippen molar-refractivity contribution in [3.05, 3.63) is 20.8 Å². The van der Waals surface area contributed by atoms with Crippen molar-refractivity contribution < 1.29 is 4.79 Å². The lowest BCUT2D eigenvalue weighted by atomic mass is 10.2. The summed E-state index contributed by atoms with van der Waals surface area (Å²) in [5.74, 6) is 0.116. The average molecular weight is 326 g/mol. The Hall–Kier alpha value is -0.100. The molecular weight excluding hydrogens is 312 g/mol. The molecule has 1 fully saturated rings. The van der Waals surface area contributed by atoms with Crippen LogP contribution < -0.4 is 5.32 Å². The number of carbonyl (C=O) groups is 1. The van der Waals surface area contributed by atoms with Gasteiger partial charge in [-0.3, -0.25) is 4.79 Å². The van der Waals surface area contributed by atoms with E-state index in [4.69, 9.17) is 0 Å². The summed E-state index contributed by atoms with van der Waals surface area (Å²) < 4.78 is 0.898. The third-order valence-electron chi connectivity index (χ3n) is 2.71. The molecule has 1 amide bonds. The van der Waals surface area contributed by atoms with Crippen molar-refractivity contribution in [2.24, 2.45) is 0 Å². The molecule has 3 nitrogen and oxygen atoms in total. The number of likely N-dealkylation sites (N-methyl/N-ethyl adjacent to an activating group) is 1. The lowest BCUT2D eigenvalue weighted by Gasteiger charge is -2.23. The molecule has 0 radical (unpaired) electrons. The highest BCUT2D eigenvalue weighted by atomic mass is 79.9. The van der Waals surface area contributed by atoms with Gasteiger partial charge in [0.25, 0.3) is 5.91 Å². The third-order valence-corrected chi connectivity index (χ3v) is 4.54. The van der Waals surface area contributed by atoms with E-state index < -0.39 is 0 Å². The van der Waals surface area contributed by atoms with Gasteiger partial charge in [0, 0.05) is 24.1 Å². The van der Waals surface area contributed by atoms with E-state index in [2.05, 4.69) is 21.2 Å². The highest BCUT2D eigenvalue weighted by Crippen LogP contribution is 2.25. The van der Waals surface area contributed by atoms with E-state index in [0.717, 1.165) is 28.9 Å².